The predicted octanol–water partition coefficient (Wildman–Crippen LogP) is -0.803. The van der Waals surface area contributed by atoms with Crippen molar-refractivity contribution in [1.29, 1.82) is 5.41 Å². The summed E-state index contributed by atoms with van der Waals surface area (Å²) < 4.78 is 4.26. The molecule has 0 aliphatic carbocycles. The van der Waals surface area contributed by atoms with Crippen molar-refractivity contribution in [2.75, 3.05) is 12.8 Å². The van der Waals surface area contributed by atoms with Crippen molar-refractivity contribution in [1.82, 2.24) is 15.6 Å². The van der Waals surface area contributed by atoms with E-state index in [9.17, 15) is 0 Å². The van der Waals surface area contributed by atoms with Gasteiger partial charge in [0.15, 0.2) is 17.3 Å². The topological polar surface area (TPSA) is 101 Å². The van der Waals surface area contributed by atoms with Crippen LogP contribution in [0.5, 0.6) is 0 Å². The Morgan fingerprint density at radius 1 is 1.70 bits per heavy atom. The molecule has 0 spiro atoms. The zero-order valence-electron chi connectivity index (χ0n) is 5.38. The van der Waals surface area contributed by atoms with Gasteiger partial charge in [0.1, 0.15) is 0 Å². The van der Waals surface area contributed by atoms with Gasteiger partial charge in [-0.15, -0.1) is 0 Å². The van der Waals surface area contributed by atoms with Gasteiger partial charge < -0.3 is 11.1 Å². The number of nitrogens with zero attached hydrogens (tertiary/aromatic N) is 2. The van der Waals surface area contributed by atoms with Crippen LogP contribution in [0.4, 0.5) is 5.82 Å². The van der Waals surface area contributed by atoms with E-state index in [-0.39, 0.29) is 17.3 Å². The summed E-state index contributed by atoms with van der Waals surface area (Å²) in [4.78, 5) is 0. The Labute approximate surface area is 56.9 Å². The van der Waals surface area contributed by atoms with Gasteiger partial charge in [-0.05, 0) is 10.3 Å². The summed E-state index contributed by atoms with van der Waals surface area (Å²) in [6.45, 7) is 0. The van der Waals surface area contributed by atoms with Crippen LogP contribution in [0.2, 0.25) is 0 Å². The van der Waals surface area contributed by atoms with Crippen molar-refractivity contribution in [3.05, 3.63) is 5.69 Å². The van der Waals surface area contributed by atoms with Crippen molar-refractivity contribution in [2.45, 2.75) is 0 Å². The van der Waals surface area contributed by atoms with E-state index >= 15 is 0 Å². The molecule has 0 fully saturated rings. The Morgan fingerprint density at radius 3 is 2.80 bits per heavy atom. The number of aromatic nitrogens is 2. The number of rotatable bonds is 1. The summed E-state index contributed by atoms with van der Waals surface area (Å²) in [6, 6.07) is 0. The monoisotopic (exact) mass is 141 g/mol. The summed E-state index contributed by atoms with van der Waals surface area (Å²) in [5.41, 5.74) is 5.51. The number of amidine groups is 1. The molecular formula is C4H7N5O. The largest absolute Gasteiger partial charge is 0.379 e. The zero-order chi connectivity index (χ0) is 7.56. The second kappa shape index (κ2) is 2.34. The summed E-state index contributed by atoms with van der Waals surface area (Å²) in [5.74, 6) is 0.220. The zero-order valence-corrected chi connectivity index (χ0v) is 5.38. The van der Waals surface area contributed by atoms with Crippen molar-refractivity contribution in [3.63, 3.8) is 0 Å². The van der Waals surface area contributed by atoms with Gasteiger partial charge >= 0.3 is 0 Å². The van der Waals surface area contributed by atoms with Crippen molar-refractivity contribution < 1.29 is 4.63 Å². The van der Waals surface area contributed by atoms with Gasteiger partial charge in [0.05, 0.1) is 0 Å². The van der Waals surface area contributed by atoms with Gasteiger partial charge in [0.25, 0.3) is 0 Å². The summed E-state index contributed by atoms with van der Waals surface area (Å²) in [5, 5.41) is 16.4. The van der Waals surface area contributed by atoms with E-state index in [2.05, 4.69) is 20.3 Å². The van der Waals surface area contributed by atoms with Gasteiger partial charge in [-0.25, -0.2) is 4.63 Å². The molecule has 0 unspecified atom stereocenters. The smallest absolute Gasteiger partial charge is 0.199 e. The number of nitrogens with one attached hydrogen (secondary N) is 2. The molecule has 0 bridgehead atoms. The normalized spacial score (nSPS) is 9.30. The van der Waals surface area contributed by atoms with Crippen molar-refractivity contribution >= 4 is 11.7 Å². The fourth-order valence-electron chi connectivity index (χ4n) is 0.487. The fraction of sp³-hybridized carbons (Fsp3) is 0.250. The Balaban J connectivity index is 2.93. The van der Waals surface area contributed by atoms with Crippen LogP contribution in [0.15, 0.2) is 4.63 Å². The third kappa shape index (κ3) is 0.903. The minimum absolute atomic E-state index is 0.0961. The molecule has 1 aromatic rings. The maximum Gasteiger partial charge on any atom is 0.199 e. The lowest BCUT2D eigenvalue weighted by atomic mass is 10.4. The van der Waals surface area contributed by atoms with E-state index in [4.69, 9.17) is 11.1 Å². The highest BCUT2D eigenvalue weighted by atomic mass is 16.6. The van der Waals surface area contributed by atoms with Crippen LogP contribution in [0, 0.1) is 5.41 Å². The van der Waals surface area contributed by atoms with Crippen LogP contribution < -0.4 is 11.1 Å². The fourth-order valence-corrected chi connectivity index (χ4v) is 0.487. The first-order valence-corrected chi connectivity index (χ1v) is 2.60. The molecule has 0 aliphatic rings. The standard InChI is InChI=1S/C4H7N5O/c1-7-3(5)2-4(6)9-10-8-2/h1H3,(H2,5,7)(H2,6,9). The van der Waals surface area contributed by atoms with E-state index in [0.29, 0.717) is 0 Å². The van der Waals surface area contributed by atoms with E-state index in [0.717, 1.165) is 0 Å². The highest BCUT2D eigenvalue weighted by Gasteiger charge is 2.09. The summed E-state index contributed by atoms with van der Waals surface area (Å²) in [7, 11) is 1.59. The molecule has 6 nitrogen and oxygen atoms in total. The molecule has 54 valence electrons. The Kier molecular flexibility index (Phi) is 1.53. The highest BCUT2D eigenvalue weighted by molar-refractivity contribution is 5.97. The molecule has 0 amide bonds. The first-order chi connectivity index (χ1) is 4.75. The average molecular weight is 141 g/mol. The van der Waals surface area contributed by atoms with Crippen molar-refractivity contribution in [2.24, 2.45) is 0 Å². The lowest BCUT2D eigenvalue weighted by molar-refractivity contribution is 0.308. The molecule has 0 radical (unpaired) electrons. The average Bonchev–Trinajstić information content (AvgIpc) is 2.34. The number of nitrogens with two attached hydrogens (primary N) is 1. The van der Waals surface area contributed by atoms with Crippen LogP contribution in [0.1, 0.15) is 5.69 Å². The Bertz CT molecular complexity index is 242. The number of hydrogen-bond donors (Lipinski definition) is 3. The molecule has 0 aliphatic heterocycles. The summed E-state index contributed by atoms with van der Waals surface area (Å²) in [6.07, 6.45) is 0. The van der Waals surface area contributed by atoms with Gasteiger partial charge in [0, 0.05) is 7.05 Å². The van der Waals surface area contributed by atoms with E-state index in [1.165, 1.54) is 0 Å². The van der Waals surface area contributed by atoms with Crippen LogP contribution in [-0.4, -0.2) is 23.2 Å². The van der Waals surface area contributed by atoms with Crippen molar-refractivity contribution in [3.8, 4) is 0 Å². The van der Waals surface area contributed by atoms with E-state index in [1.54, 1.807) is 7.05 Å². The van der Waals surface area contributed by atoms with Crippen LogP contribution in [0.25, 0.3) is 0 Å². The minimum atomic E-state index is 0.0961. The first-order valence-electron chi connectivity index (χ1n) is 2.60. The Morgan fingerprint density at radius 2 is 2.40 bits per heavy atom. The molecule has 1 heterocycles. The van der Waals surface area contributed by atoms with Gasteiger partial charge in [0.2, 0.25) is 0 Å². The molecular weight excluding hydrogens is 134 g/mol. The van der Waals surface area contributed by atoms with Crippen LogP contribution in [0.3, 0.4) is 0 Å². The number of anilines is 1. The minimum Gasteiger partial charge on any atom is -0.379 e. The van der Waals surface area contributed by atoms with Gasteiger partial charge in [-0.3, -0.25) is 5.41 Å². The van der Waals surface area contributed by atoms with E-state index in [1.807, 2.05) is 0 Å². The van der Waals surface area contributed by atoms with Gasteiger partial charge in [-0.2, -0.15) is 0 Å². The molecule has 10 heavy (non-hydrogen) atoms. The molecule has 1 rings (SSSR count). The van der Waals surface area contributed by atoms with Gasteiger partial charge in [-0.1, -0.05) is 0 Å². The molecule has 0 atom stereocenters. The SMILES string of the molecule is CNC(=N)c1nonc1N. The molecule has 0 saturated carbocycles. The summed E-state index contributed by atoms with van der Waals surface area (Å²) >= 11 is 0. The molecule has 4 N–H and O–H groups in total. The lowest BCUT2D eigenvalue weighted by Gasteiger charge is -1.94. The number of hydrogen-bond acceptors (Lipinski definition) is 5. The van der Waals surface area contributed by atoms with Crippen LogP contribution in [-0.2, 0) is 0 Å². The molecule has 1 aromatic heterocycles. The highest BCUT2D eigenvalue weighted by Crippen LogP contribution is 2.01. The van der Waals surface area contributed by atoms with E-state index < -0.39 is 0 Å². The third-order valence-corrected chi connectivity index (χ3v) is 1.00. The third-order valence-electron chi connectivity index (χ3n) is 1.00. The molecule has 0 aromatic carbocycles. The van der Waals surface area contributed by atoms with Crippen LogP contribution >= 0.6 is 0 Å². The predicted molar refractivity (Wildman–Crippen MR) is 34.6 cm³/mol. The lowest BCUT2D eigenvalue weighted by Crippen LogP contribution is -2.19. The second-order valence-electron chi connectivity index (χ2n) is 1.62. The number of nitrogen functional groups attached to an aromatic ring is 1. The first kappa shape index (κ1) is 6.53. The molecule has 0 saturated heterocycles. The second-order valence-corrected chi connectivity index (χ2v) is 1.62. The maximum absolute atomic E-state index is 7.18. The maximum atomic E-state index is 7.18. The Hall–Kier alpha value is -1.59. The molecule has 6 heteroatoms. The quantitative estimate of drug-likeness (QED) is 0.351.